The second kappa shape index (κ2) is 9.08. The molecule has 7 nitrogen and oxygen atoms in total. The Hall–Kier alpha value is -1.25. The van der Waals surface area contributed by atoms with Gasteiger partial charge in [-0.25, -0.2) is 4.79 Å². The summed E-state index contributed by atoms with van der Waals surface area (Å²) < 4.78 is 17.4. The first-order chi connectivity index (χ1) is 15.6. The molecule has 0 aromatic carbocycles. The van der Waals surface area contributed by atoms with Crippen molar-refractivity contribution in [2.75, 3.05) is 13.2 Å². The van der Waals surface area contributed by atoms with E-state index < -0.39 is 43.3 Å². The zero-order valence-electron chi connectivity index (χ0n) is 20.5. The average molecular weight is 465 g/mol. The van der Waals surface area contributed by atoms with Crippen molar-refractivity contribution in [3.8, 4) is 0 Å². The summed E-state index contributed by atoms with van der Waals surface area (Å²) in [4.78, 5) is 12.4. The third kappa shape index (κ3) is 3.80. The highest BCUT2D eigenvalue weighted by Crippen LogP contribution is 2.73. The molecule has 10 atom stereocenters. The lowest BCUT2D eigenvalue weighted by Gasteiger charge is -2.43. The van der Waals surface area contributed by atoms with Gasteiger partial charge in [-0.05, 0) is 73.7 Å². The number of hydrogen-bond donors (Lipinski definition) is 3. The summed E-state index contributed by atoms with van der Waals surface area (Å²) in [5, 5.41) is 30.6. The molecule has 33 heavy (non-hydrogen) atoms. The average Bonchev–Trinajstić information content (AvgIpc) is 3.36. The number of carbonyl (C=O) groups is 1. The molecule has 186 valence electrons. The third-order valence-corrected chi connectivity index (χ3v) is 9.47. The van der Waals surface area contributed by atoms with Crippen molar-refractivity contribution in [1.82, 2.24) is 0 Å². The van der Waals surface area contributed by atoms with Crippen LogP contribution in [0.25, 0.3) is 0 Å². The number of aliphatic hydroxyl groups excluding tert-OH is 3. The Labute approximate surface area is 196 Å². The van der Waals surface area contributed by atoms with Gasteiger partial charge in [0.2, 0.25) is 0 Å². The number of hydrogen-bond acceptors (Lipinski definition) is 7. The number of allylic oxidation sites excluding steroid dienone is 2. The number of aliphatic hydroxyl groups is 3. The fourth-order valence-electron chi connectivity index (χ4n) is 7.40. The van der Waals surface area contributed by atoms with Gasteiger partial charge in [-0.2, -0.15) is 0 Å². The lowest BCUT2D eigenvalue weighted by molar-refractivity contribution is -0.301. The van der Waals surface area contributed by atoms with E-state index in [0.29, 0.717) is 18.1 Å². The number of rotatable bonds is 6. The highest BCUT2D eigenvalue weighted by molar-refractivity contribution is 5.87. The Morgan fingerprint density at radius 1 is 1.24 bits per heavy atom. The smallest absolute Gasteiger partial charge is 0.333 e. The fraction of sp³-hybridized carbons (Fsp3) is 0.808. The van der Waals surface area contributed by atoms with Crippen molar-refractivity contribution >= 4 is 5.97 Å². The van der Waals surface area contributed by atoms with Crippen molar-refractivity contribution in [3.63, 3.8) is 0 Å². The van der Waals surface area contributed by atoms with Crippen LogP contribution in [-0.4, -0.2) is 65.2 Å². The second-order valence-electron chi connectivity index (χ2n) is 10.9. The fourth-order valence-corrected chi connectivity index (χ4v) is 7.40. The molecule has 1 saturated heterocycles. The quantitative estimate of drug-likeness (QED) is 0.315. The molecule has 0 aromatic heterocycles. The minimum Gasteiger partial charge on any atom is -0.451 e. The molecular weight excluding hydrogens is 424 g/mol. The van der Waals surface area contributed by atoms with E-state index in [1.165, 1.54) is 31.3 Å². The lowest BCUT2D eigenvalue weighted by atomic mass is 9.61. The second-order valence-corrected chi connectivity index (χ2v) is 10.9. The molecule has 4 rings (SSSR count). The van der Waals surface area contributed by atoms with Crippen LogP contribution in [0.5, 0.6) is 0 Å². The minimum absolute atomic E-state index is 0.159. The van der Waals surface area contributed by atoms with E-state index >= 15 is 0 Å². The number of esters is 1. The Morgan fingerprint density at radius 2 is 1.97 bits per heavy atom. The van der Waals surface area contributed by atoms with Crippen LogP contribution in [0.2, 0.25) is 0 Å². The Balaban J connectivity index is 1.51. The molecule has 3 aliphatic carbocycles. The Morgan fingerprint density at radius 3 is 2.64 bits per heavy atom. The van der Waals surface area contributed by atoms with E-state index in [1.54, 1.807) is 19.9 Å². The topological polar surface area (TPSA) is 105 Å². The maximum atomic E-state index is 12.4. The first-order valence-electron chi connectivity index (χ1n) is 12.4. The standard InChI is InChI=1S/C26H40O7/c1-6-14(2)23(30)33-22-21(29)20(28)19(12-27)32-24(22)31-13-17-11-25(5)9-8-18-15(3)7-10-26(18,25)16(17)4/h6,11,15-16,18-22,24,27-29H,7-10,12-13H2,1-5H3/b14-6-/t15-,16-,18+,19-,20-,21+,22-,24-,25+,26-/m1/s1. The predicted molar refractivity (Wildman–Crippen MR) is 122 cm³/mol. The Kier molecular flexibility index (Phi) is 6.84. The number of ether oxygens (including phenoxy) is 3. The van der Waals surface area contributed by atoms with E-state index in [4.69, 9.17) is 14.2 Å². The SMILES string of the molecule is C/C=C(/C)C(=O)O[C@H]1[C@H](OCC2=C[C@]3(C)CC[C@H]4[C@H](C)CC[C@@]43[C@@H]2C)O[C@H](CO)[C@@H](O)[C@@H]1O. The molecule has 7 heteroatoms. The third-order valence-electron chi connectivity index (χ3n) is 9.47. The van der Waals surface area contributed by atoms with Crippen molar-refractivity contribution in [1.29, 1.82) is 0 Å². The predicted octanol–water partition coefficient (Wildman–Crippen LogP) is 2.73. The van der Waals surface area contributed by atoms with Crippen LogP contribution in [0.3, 0.4) is 0 Å². The molecule has 0 bridgehead atoms. The number of carbonyl (C=O) groups excluding carboxylic acids is 1. The Bertz CT molecular complexity index is 821. The molecule has 2 saturated carbocycles. The van der Waals surface area contributed by atoms with Gasteiger partial charge in [0.05, 0.1) is 13.2 Å². The summed E-state index contributed by atoms with van der Waals surface area (Å²) in [6.45, 7) is 10.2. The van der Waals surface area contributed by atoms with Crippen LogP contribution in [0.4, 0.5) is 0 Å². The van der Waals surface area contributed by atoms with E-state index in [1.807, 2.05) is 0 Å². The summed E-state index contributed by atoms with van der Waals surface area (Å²) in [5.41, 5.74) is 2.03. The highest BCUT2D eigenvalue weighted by Gasteiger charge is 2.65. The monoisotopic (exact) mass is 464 g/mol. The van der Waals surface area contributed by atoms with Crippen LogP contribution in [0.1, 0.15) is 60.3 Å². The van der Waals surface area contributed by atoms with Crippen molar-refractivity contribution in [2.24, 2.45) is 28.6 Å². The van der Waals surface area contributed by atoms with Crippen molar-refractivity contribution in [2.45, 2.75) is 91.0 Å². The zero-order chi connectivity index (χ0) is 24.1. The van der Waals surface area contributed by atoms with E-state index in [0.717, 1.165) is 11.8 Å². The van der Waals surface area contributed by atoms with Crippen LogP contribution in [0, 0.1) is 28.6 Å². The van der Waals surface area contributed by atoms with Gasteiger partial charge in [-0.1, -0.05) is 32.9 Å². The van der Waals surface area contributed by atoms with E-state index in [9.17, 15) is 20.1 Å². The lowest BCUT2D eigenvalue weighted by Crippen LogP contribution is -2.60. The van der Waals surface area contributed by atoms with E-state index in [-0.39, 0.29) is 10.8 Å². The molecule has 0 unspecified atom stereocenters. The van der Waals surface area contributed by atoms with Crippen LogP contribution < -0.4 is 0 Å². The first kappa shape index (κ1) is 24.9. The van der Waals surface area contributed by atoms with Gasteiger partial charge >= 0.3 is 5.97 Å². The van der Waals surface area contributed by atoms with Gasteiger partial charge < -0.3 is 29.5 Å². The summed E-state index contributed by atoms with van der Waals surface area (Å²) in [5.74, 6) is 1.24. The van der Waals surface area contributed by atoms with Gasteiger partial charge in [-0.15, -0.1) is 0 Å². The summed E-state index contributed by atoms with van der Waals surface area (Å²) in [6.07, 6.45) is 2.86. The van der Waals surface area contributed by atoms with Crippen LogP contribution in [-0.2, 0) is 19.0 Å². The van der Waals surface area contributed by atoms with E-state index in [2.05, 4.69) is 26.8 Å². The molecule has 3 N–H and O–H groups in total. The molecular formula is C26H40O7. The van der Waals surface area contributed by atoms with Crippen molar-refractivity contribution < 1.29 is 34.3 Å². The molecule has 0 radical (unpaired) electrons. The molecule has 0 amide bonds. The molecule has 3 fully saturated rings. The van der Waals surface area contributed by atoms with Gasteiger partial charge in [0.1, 0.15) is 18.3 Å². The minimum atomic E-state index is -1.43. The molecule has 1 heterocycles. The molecule has 0 aromatic rings. The maximum absolute atomic E-state index is 12.4. The summed E-state index contributed by atoms with van der Waals surface area (Å²) >= 11 is 0. The zero-order valence-corrected chi connectivity index (χ0v) is 20.5. The largest absolute Gasteiger partial charge is 0.451 e. The summed E-state index contributed by atoms with van der Waals surface area (Å²) in [6, 6.07) is 0. The van der Waals surface area contributed by atoms with Gasteiger partial charge in [0.15, 0.2) is 12.4 Å². The van der Waals surface area contributed by atoms with Gasteiger partial charge in [0.25, 0.3) is 0 Å². The molecule has 4 aliphatic rings. The van der Waals surface area contributed by atoms with Crippen LogP contribution >= 0.6 is 0 Å². The summed E-state index contributed by atoms with van der Waals surface area (Å²) in [7, 11) is 0. The first-order valence-corrected chi connectivity index (χ1v) is 12.4. The molecule has 1 spiro atoms. The van der Waals surface area contributed by atoms with Gasteiger partial charge in [0, 0.05) is 5.57 Å². The van der Waals surface area contributed by atoms with Crippen LogP contribution in [0.15, 0.2) is 23.3 Å². The van der Waals surface area contributed by atoms with Gasteiger partial charge in [-0.3, -0.25) is 0 Å². The normalized spacial score (nSPS) is 47.3. The highest BCUT2D eigenvalue weighted by atomic mass is 16.7. The van der Waals surface area contributed by atoms with Crippen molar-refractivity contribution in [3.05, 3.63) is 23.3 Å². The maximum Gasteiger partial charge on any atom is 0.333 e. The molecule has 1 aliphatic heterocycles.